The van der Waals surface area contributed by atoms with Crippen LogP contribution in [0.2, 0.25) is 0 Å². The van der Waals surface area contributed by atoms with E-state index in [0.29, 0.717) is 28.9 Å². The number of hydrogen-bond donors (Lipinski definition) is 3. The minimum Gasteiger partial charge on any atom is -0.378 e. The Morgan fingerprint density at radius 3 is 2.44 bits per heavy atom. The molecule has 0 fully saturated rings. The van der Waals surface area contributed by atoms with Crippen molar-refractivity contribution in [3.63, 3.8) is 0 Å². The number of anilines is 1. The van der Waals surface area contributed by atoms with Crippen LogP contribution < -0.4 is 10.6 Å². The molecule has 170 valence electrons. The Kier molecular flexibility index (Phi) is 7.26. The Balaban J connectivity index is 1.71. The van der Waals surface area contributed by atoms with Crippen LogP contribution in [0.5, 0.6) is 0 Å². The van der Waals surface area contributed by atoms with E-state index in [4.69, 9.17) is 4.52 Å². The van der Waals surface area contributed by atoms with Crippen molar-refractivity contribution in [1.29, 1.82) is 0 Å². The highest BCUT2D eigenvalue weighted by Crippen LogP contribution is 2.31. The highest BCUT2D eigenvalue weighted by molar-refractivity contribution is 7.19. The zero-order valence-electron chi connectivity index (χ0n) is 17.5. The van der Waals surface area contributed by atoms with Crippen LogP contribution in [0.4, 0.5) is 13.9 Å². The van der Waals surface area contributed by atoms with Crippen molar-refractivity contribution in [3.05, 3.63) is 46.9 Å². The van der Waals surface area contributed by atoms with Crippen LogP contribution in [-0.2, 0) is 9.59 Å². The number of carbonyl (C=O) groups is 2. The Morgan fingerprint density at radius 2 is 1.84 bits per heavy atom. The molecule has 0 aliphatic rings. The first-order chi connectivity index (χ1) is 15.2. The highest BCUT2D eigenvalue weighted by atomic mass is 32.1. The zero-order valence-corrected chi connectivity index (χ0v) is 18.3. The van der Waals surface area contributed by atoms with E-state index in [1.807, 2.05) is 6.92 Å². The van der Waals surface area contributed by atoms with Gasteiger partial charge in [0.05, 0.1) is 5.69 Å². The highest BCUT2D eigenvalue weighted by Gasteiger charge is 2.26. The molecule has 0 aliphatic heterocycles. The van der Waals surface area contributed by atoms with E-state index < -0.39 is 35.6 Å². The van der Waals surface area contributed by atoms with E-state index in [2.05, 4.69) is 25.8 Å². The lowest BCUT2D eigenvalue weighted by Gasteiger charge is -2.19. The molecule has 3 N–H and O–H groups in total. The molecular formula is C20H21F2N5O4S. The number of carbonyl (C=O) groups excluding carboxylic acids is 2. The third-order valence-electron chi connectivity index (χ3n) is 4.41. The molecule has 0 radical (unpaired) electrons. The van der Waals surface area contributed by atoms with Gasteiger partial charge in [0.15, 0.2) is 17.1 Å². The SMILES string of the molecule is CCCC(NC(=O)C(O)c1cc(F)cc(F)c1)C(=O)Nc1nc(C)c(-c2nc(C)no2)s1. The Labute approximate surface area is 185 Å². The molecule has 0 saturated heterocycles. The van der Waals surface area contributed by atoms with Crippen LogP contribution in [-0.4, -0.2) is 38.1 Å². The minimum absolute atomic E-state index is 0.259. The van der Waals surface area contributed by atoms with Crippen molar-refractivity contribution in [1.82, 2.24) is 20.4 Å². The second kappa shape index (κ2) is 9.92. The molecule has 2 atom stereocenters. The van der Waals surface area contributed by atoms with E-state index in [1.54, 1.807) is 13.8 Å². The maximum Gasteiger partial charge on any atom is 0.269 e. The first-order valence-corrected chi connectivity index (χ1v) is 10.5. The van der Waals surface area contributed by atoms with Crippen molar-refractivity contribution in [2.24, 2.45) is 0 Å². The predicted octanol–water partition coefficient (Wildman–Crippen LogP) is 3.05. The summed E-state index contributed by atoms with van der Waals surface area (Å²) in [5.41, 5.74) is 0.319. The molecule has 2 aromatic heterocycles. The average molecular weight is 465 g/mol. The summed E-state index contributed by atoms with van der Waals surface area (Å²) < 4.78 is 31.9. The molecular weight excluding hydrogens is 444 g/mol. The second-order valence-corrected chi connectivity index (χ2v) is 8.02. The van der Waals surface area contributed by atoms with Crippen LogP contribution in [0.1, 0.15) is 43.0 Å². The van der Waals surface area contributed by atoms with Crippen LogP contribution in [0.25, 0.3) is 10.8 Å². The molecule has 12 heteroatoms. The fraction of sp³-hybridized carbons (Fsp3) is 0.350. The van der Waals surface area contributed by atoms with Crippen molar-refractivity contribution in [3.8, 4) is 10.8 Å². The van der Waals surface area contributed by atoms with E-state index in [1.165, 1.54) is 0 Å². The van der Waals surface area contributed by atoms with Gasteiger partial charge in [0.25, 0.3) is 11.8 Å². The smallest absolute Gasteiger partial charge is 0.269 e. The lowest BCUT2D eigenvalue weighted by molar-refractivity contribution is -0.133. The number of amides is 2. The van der Waals surface area contributed by atoms with Gasteiger partial charge >= 0.3 is 0 Å². The summed E-state index contributed by atoms with van der Waals surface area (Å²) in [6, 6.07) is 1.32. The standard InChI is InChI=1S/C20H21F2N5O4S/c1-4-5-14(25-18(30)15(28)11-6-12(21)8-13(22)7-11)17(29)26-20-23-9(2)16(32-20)19-24-10(3)27-31-19/h6-8,14-15,28H,4-5H2,1-3H3,(H,25,30)(H,23,26,29). The molecule has 2 unspecified atom stereocenters. The third-order valence-corrected chi connectivity index (χ3v) is 5.47. The van der Waals surface area contributed by atoms with Crippen LogP contribution >= 0.6 is 11.3 Å². The summed E-state index contributed by atoms with van der Waals surface area (Å²) in [6.07, 6.45) is -1.03. The summed E-state index contributed by atoms with van der Waals surface area (Å²) in [5.74, 6) is -2.63. The van der Waals surface area contributed by atoms with Crippen molar-refractivity contribution < 1.29 is 28.0 Å². The average Bonchev–Trinajstić information content (AvgIpc) is 3.31. The molecule has 3 aromatic rings. The molecule has 32 heavy (non-hydrogen) atoms. The second-order valence-electron chi connectivity index (χ2n) is 7.02. The van der Waals surface area contributed by atoms with E-state index >= 15 is 0 Å². The number of aliphatic hydroxyl groups is 1. The van der Waals surface area contributed by atoms with Gasteiger partial charge < -0.3 is 20.3 Å². The third kappa shape index (κ3) is 5.51. The topological polar surface area (TPSA) is 130 Å². The number of nitrogens with one attached hydrogen (secondary N) is 2. The number of nitrogens with zero attached hydrogens (tertiary/aromatic N) is 3. The number of benzene rings is 1. The molecule has 9 nitrogen and oxygen atoms in total. The molecule has 0 saturated carbocycles. The zero-order chi connectivity index (χ0) is 23.4. The maximum atomic E-state index is 13.4. The molecule has 0 aliphatic carbocycles. The van der Waals surface area contributed by atoms with Crippen LogP contribution in [0, 0.1) is 25.5 Å². The molecule has 2 amide bonds. The van der Waals surface area contributed by atoms with Crippen molar-refractivity contribution in [2.75, 3.05) is 5.32 Å². The predicted molar refractivity (Wildman–Crippen MR) is 112 cm³/mol. The van der Waals surface area contributed by atoms with Gasteiger partial charge in [0.2, 0.25) is 5.91 Å². The van der Waals surface area contributed by atoms with Gasteiger partial charge in [-0.25, -0.2) is 13.8 Å². The van der Waals surface area contributed by atoms with Gasteiger partial charge in [-0.15, -0.1) is 0 Å². The fourth-order valence-electron chi connectivity index (χ4n) is 2.92. The monoisotopic (exact) mass is 465 g/mol. The molecule has 3 rings (SSSR count). The maximum absolute atomic E-state index is 13.4. The number of aliphatic hydroxyl groups excluding tert-OH is 1. The molecule has 0 bridgehead atoms. The lowest BCUT2D eigenvalue weighted by atomic mass is 10.1. The van der Waals surface area contributed by atoms with Gasteiger partial charge in [-0.3, -0.25) is 9.59 Å². The molecule has 2 heterocycles. The Bertz CT molecular complexity index is 1110. The fourth-order valence-corrected chi connectivity index (χ4v) is 3.81. The Morgan fingerprint density at radius 1 is 1.16 bits per heavy atom. The van der Waals surface area contributed by atoms with Crippen LogP contribution in [0.3, 0.4) is 0 Å². The van der Waals surface area contributed by atoms with E-state index in [0.717, 1.165) is 23.5 Å². The number of aryl methyl sites for hydroxylation is 2. The number of halogens is 2. The summed E-state index contributed by atoms with van der Waals surface area (Å²) in [5, 5.41) is 19.2. The van der Waals surface area contributed by atoms with Crippen molar-refractivity contribution >= 4 is 28.3 Å². The quantitative estimate of drug-likeness (QED) is 0.466. The van der Waals surface area contributed by atoms with Gasteiger partial charge in [0, 0.05) is 6.07 Å². The van der Waals surface area contributed by atoms with Crippen LogP contribution in [0.15, 0.2) is 22.7 Å². The number of rotatable bonds is 8. The largest absolute Gasteiger partial charge is 0.378 e. The first-order valence-electron chi connectivity index (χ1n) is 9.71. The van der Waals surface area contributed by atoms with E-state index in [9.17, 15) is 23.5 Å². The normalized spacial score (nSPS) is 12.9. The number of aromatic nitrogens is 3. The number of thiazole rings is 1. The summed E-state index contributed by atoms with van der Waals surface area (Å²) in [7, 11) is 0. The summed E-state index contributed by atoms with van der Waals surface area (Å²) in [4.78, 5) is 34.2. The van der Waals surface area contributed by atoms with E-state index in [-0.39, 0.29) is 23.0 Å². The van der Waals surface area contributed by atoms with Gasteiger partial charge in [-0.05, 0) is 38.0 Å². The van der Waals surface area contributed by atoms with Gasteiger partial charge in [0.1, 0.15) is 22.6 Å². The Hall–Kier alpha value is -3.25. The molecule has 0 spiro atoms. The van der Waals surface area contributed by atoms with Gasteiger partial charge in [-0.2, -0.15) is 4.98 Å². The minimum atomic E-state index is -1.85. The number of hydrogen-bond acceptors (Lipinski definition) is 8. The lowest BCUT2D eigenvalue weighted by Crippen LogP contribution is -2.45. The summed E-state index contributed by atoms with van der Waals surface area (Å²) in [6.45, 7) is 5.21. The summed E-state index contributed by atoms with van der Waals surface area (Å²) >= 11 is 1.13. The first kappa shape index (κ1) is 23.4. The van der Waals surface area contributed by atoms with Crippen molar-refractivity contribution in [2.45, 2.75) is 45.8 Å². The molecule has 1 aromatic carbocycles. The van der Waals surface area contributed by atoms with Gasteiger partial charge in [-0.1, -0.05) is 29.8 Å².